The zero-order valence-corrected chi connectivity index (χ0v) is 21.9. The first-order chi connectivity index (χ1) is 16.3. The van der Waals surface area contributed by atoms with E-state index >= 15 is 0 Å². The first-order valence-corrected chi connectivity index (χ1v) is 14.4. The SMILES string of the molecule is CCCCCCCCCCCCCC(C(CCCCCC)Cc1ccccc1)n1ccnc1. The van der Waals surface area contributed by atoms with Gasteiger partial charge >= 0.3 is 0 Å². The zero-order chi connectivity index (χ0) is 23.4. The van der Waals surface area contributed by atoms with Crippen molar-refractivity contribution in [3.63, 3.8) is 0 Å². The van der Waals surface area contributed by atoms with Crippen LogP contribution in [0.5, 0.6) is 0 Å². The molecule has 0 saturated carbocycles. The molecule has 2 rings (SSSR count). The van der Waals surface area contributed by atoms with E-state index in [1.165, 1.54) is 121 Å². The largest absolute Gasteiger partial charge is 0.334 e. The third-order valence-electron chi connectivity index (χ3n) is 7.32. The number of nitrogens with zero attached hydrogens (tertiary/aromatic N) is 2. The second-order valence-electron chi connectivity index (χ2n) is 10.2. The van der Waals surface area contributed by atoms with Crippen molar-refractivity contribution in [3.05, 3.63) is 54.6 Å². The summed E-state index contributed by atoms with van der Waals surface area (Å²) in [5.41, 5.74) is 1.49. The lowest BCUT2D eigenvalue weighted by atomic mass is 9.84. The Labute approximate surface area is 205 Å². The molecule has 2 nitrogen and oxygen atoms in total. The van der Waals surface area contributed by atoms with Crippen molar-refractivity contribution in [1.29, 1.82) is 0 Å². The maximum Gasteiger partial charge on any atom is 0.0948 e. The Morgan fingerprint density at radius 3 is 1.79 bits per heavy atom. The number of imidazole rings is 1. The van der Waals surface area contributed by atoms with Gasteiger partial charge in [0.05, 0.1) is 6.33 Å². The molecule has 1 heterocycles. The minimum Gasteiger partial charge on any atom is -0.334 e. The zero-order valence-electron chi connectivity index (χ0n) is 21.9. The fourth-order valence-electron chi connectivity index (χ4n) is 5.29. The van der Waals surface area contributed by atoms with E-state index in [-0.39, 0.29) is 0 Å². The summed E-state index contributed by atoms with van der Waals surface area (Å²) >= 11 is 0. The van der Waals surface area contributed by atoms with Crippen LogP contribution in [-0.4, -0.2) is 9.55 Å². The average molecular weight is 453 g/mol. The lowest BCUT2D eigenvalue weighted by Crippen LogP contribution is -2.21. The lowest BCUT2D eigenvalue weighted by molar-refractivity contribution is 0.275. The van der Waals surface area contributed by atoms with Gasteiger partial charge in [-0.25, -0.2) is 4.98 Å². The summed E-state index contributed by atoms with van der Waals surface area (Å²) < 4.78 is 2.42. The van der Waals surface area contributed by atoms with Crippen LogP contribution < -0.4 is 0 Å². The minimum absolute atomic E-state index is 0.577. The summed E-state index contributed by atoms with van der Waals surface area (Å²) in [4.78, 5) is 4.41. The quantitative estimate of drug-likeness (QED) is 0.172. The van der Waals surface area contributed by atoms with E-state index in [4.69, 9.17) is 0 Å². The predicted octanol–water partition coefficient (Wildman–Crippen LogP) is 9.95. The van der Waals surface area contributed by atoms with Crippen LogP contribution in [0, 0.1) is 5.92 Å². The fraction of sp³-hybridized carbons (Fsp3) is 0.710. The molecule has 0 spiro atoms. The van der Waals surface area contributed by atoms with Crippen LogP contribution in [0.15, 0.2) is 49.1 Å². The number of unbranched alkanes of at least 4 members (excludes halogenated alkanes) is 13. The van der Waals surface area contributed by atoms with Gasteiger partial charge in [-0.05, 0) is 30.7 Å². The van der Waals surface area contributed by atoms with Crippen LogP contribution in [0.25, 0.3) is 0 Å². The van der Waals surface area contributed by atoms with Crippen molar-refractivity contribution in [1.82, 2.24) is 9.55 Å². The lowest BCUT2D eigenvalue weighted by Gasteiger charge is -2.29. The second kappa shape index (κ2) is 18.8. The normalized spacial score (nSPS) is 13.3. The Morgan fingerprint density at radius 2 is 1.21 bits per heavy atom. The maximum atomic E-state index is 4.41. The van der Waals surface area contributed by atoms with Crippen LogP contribution in [0.4, 0.5) is 0 Å². The number of aromatic nitrogens is 2. The maximum absolute atomic E-state index is 4.41. The molecule has 1 aromatic heterocycles. The Hall–Kier alpha value is -1.57. The highest BCUT2D eigenvalue weighted by Crippen LogP contribution is 2.32. The summed E-state index contributed by atoms with van der Waals surface area (Å²) in [5, 5.41) is 0. The average Bonchev–Trinajstić information content (AvgIpc) is 3.37. The molecule has 0 fully saturated rings. The monoisotopic (exact) mass is 452 g/mol. The highest BCUT2D eigenvalue weighted by atomic mass is 15.1. The highest BCUT2D eigenvalue weighted by molar-refractivity contribution is 5.15. The van der Waals surface area contributed by atoms with Gasteiger partial charge in [-0.2, -0.15) is 0 Å². The molecular formula is C31H52N2. The topological polar surface area (TPSA) is 17.8 Å². The molecule has 2 unspecified atom stereocenters. The van der Waals surface area contributed by atoms with Gasteiger partial charge in [0.25, 0.3) is 0 Å². The molecule has 0 N–H and O–H groups in total. The molecule has 0 aliphatic rings. The summed E-state index contributed by atoms with van der Waals surface area (Å²) in [6.45, 7) is 4.61. The Balaban J connectivity index is 1.80. The van der Waals surface area contributed by atoms with Crippen molar-refractivity contribution < 1.29 is 0 Å². The first kappa shape index (κ1) is 27.7. The highest BCUT2D eigenvalue weighted by Gasteiger charge is 2.22. The molecular weight excluding hydrogens is 400 g/mol. The van der Waals surface area contributed by atoms with Crippen molar-refractivity contribution in [3.8, 4) is 0 Å². The number of hydrogen-bond acceptors (Lipinski definition) is 1. The molecule has 0 amide bonds. The molecule has 2 aromatic rings. The van der Waals surface area contributed by atoms with Crippen molar-refractivity contribution in [2.45, 2.75) is 135 Å². The standard InChI is InChI=1S/C31H52N2/c1-3-5-7-9-10-11-12-13-14-15-20-24-31(33-26-25-32-28-33)30(23-19-8-6-4-2)27-29-21-17-16-18-22-29/h16-18,21-22,25-26,28,30-31H,3-15,19-20,23-24,27H2,1-2H3. The summed E-state index contributed by atoms with van der Waals surface area (Å²) in [6.07, 6.45) is 31.0. The predicted molar refractivity (Wildman–Crippen MR) is 145 cm³/mol. The summed E-state index contributed by atoms with van der Waals surface area (Å²) in [5.74, 6) is 0.696. The second-order valence-corrected chi connectivity index (χ2v) is 10.2. The fourth-order valence-corrected chi connectivity index (χ4v) is 5.29. The molecule has 33 heavy (non-hydrogen) atoms. The summed E-state index contributed by atoms with van der Waals surface area (Å²) in [6, 6.07) is 11.7. The Bertz CT molecular complexity index is 649. The van der Waals surface area contributed by atoms with Crippen LogP contribution in [0.2, 0.25) is 0 Å². The van der Waals surface area contributed by atoms with Crippen LogP contribution in [-0.2, 0) is 6.42 Å². The third kappa shape index (κ3) is 12.5. The van der Waals surface area contributed by atoms with Gasteiger partial charge in [0.2, 0.25) is 0 Å². The molecule has 0 bridgehead atoms. The molecule has 186 valence electrons. The van der Waals surface area contributed by atoms with Gasteiger partial charge in [-0.3, -0.25) is 0 Å². The van der Waals surface area contributed by atoms with Gasteiger partial charge < -0.3 is 4.57 Å². The summed E-state index contributed by atoms with van der Waals surface area (Å²) in [7, 11) is 0. The van der Waals surface area contributed by atoms with E-state index in [0.717, 1.165) is 0 Å². The molecule has 0 radical (unpaired) electrons. The van der Waals surface area contributed by atoms with Gasteiger partial charge in [0, 0.05) is 18.4 Å². The first-order valence-electron chi connectivity index (χ1n) is 14.4. The number of benzene rings is 1. The third-order valence-corrected chi connectivity index (χ3v) is 7.32. The molecule has 0 saturated heterocycles. The molecule has 0 aliphatic heterocycles. The van der Waals surface area contributed by atoms with E-state index < -0.39 is 0 Å². The van der Waals surface area contributed by atoms with Gasteiger partial charge in [0.15, 0.2) is 0 Å². The van der Waals surface area contributed by atoms with Crippen LogP contribution in [0.1, 0.15) is 135 Å². The van der Waals surface area contributed by atoms with Gasteiger partial charge in [-0.15, -0.1) is 0 Å². The molecule has 2 heteroatoms. The van der Waals surface area contributed by atoms with E-state index in [1.807, 2.05) is 6.20 Å². The van der Waals surface area contributed by atoms with E-state index in [2.05, 4.69) is 66.3 Å². The molecule has 2 atom stereocenters. The van der Waals surface area contributed by atoms with Crippen molar-refractivity contribution in [2.24, 2.45) is 5.92 Å². The number of rotatable bonds is 21. The van der Waals surface area contributed by atoms with Crippen LogP contribution in [0.3, 0.4) is 0 Å². The van der Waals surface area contributed by atoms with E-state index in [0.29, 0.717) is 12.0 Å². The molecule has 1 aromatic carbocycles. The van der Waals surface area contributed by atoms with E-state index in [9.17, 15) is 0 Å². The van der Waals surface area contributed by atoms with Crippen molar-refractivity contribution in [2.75, 3.05) is 0 Å². The van der Waals surface area contributed by atoms with Gasteiger partial charge in [-0.1, -0.05) is 140 Å². The van der Waals surface area contributed by atoms with Crippen LogP contribution >= 0.6 is 0 Å². The Kier molecular flexibility index (Phi) is 15.8. The van der Waals surface area contributed by atoms with Gasteiger partial charge in [0.1, 0.15) is 0 Å². The van der Waals surface area contributed by atoms with Crippen molar-refractivity contribution >= 4 is 0 Å². The number of hydrogen-bond donors (Lipinski definition) is 0. The van der Waals surface area contributed by atoms with E-state index in [1.54, 1.807) is 0 Å². The Morgan fingerprint density at radius 1 is 0.667 bits per heavy atom. The molecule has 0 aliphatic carbocycles. The smallest absolute Gasteiger partial charge is 0.0948 e. The minimum atomic E-state index is 0.577.